The van der Waals surface area contributed by atoms with Crippen molar-refractivity contribution in [3.8, 4) is 0 Å². The SMILES string of the molecule is CN=C(NCC(C)(C)Cc1ccccc1)N1CCN(C(C)C(=O)N2CCCC2)CC1.I. The van der Waals surface area contributed by atoms with Gasteiger partial charge in [-0.15, -0.1) is 24.0 Å². The van der Waals surface area contributed by atoms with E-state index in [4.69, 9.17) is 0 Å². The van der Waals surface area contributed by atoms with Gasteiger partial charge in [-0.25, -0.2) is 0 Å². The number of carbonyl (C=O) groups excluding carboxylic acids is 1. The molecule has 1 N–H and O–H groups in total. The summed E-state index contributed by atoms with van der Waals surface area (Å²) in [5, 5.41) is 3.59. The number of hydrogen-bond acceptors (Lipinski definition) is 3. The third kappa shape index (κ3) is 7.34. The number of hydrogen-bond donors (Lipinski definition) is 1. The molecule has 0 aliphatic carbocycles. The van der Waals surface area contributed by atoms with E-state index in [9.17, 15) is 4.79 Å². The topological polar surface area (TPSA) is 51.2 Å². The Hall–Kier alpha value is -1.35. The lowest BCUT2D eigenvalue weighted by Crippen LogP contribution is -2.57. The van der Waals surface area contributed by atoms with E-state index in [0.717, 1.165) is 71.0 Å². The lowest BCUT2D eigenvalue weighted by Gasteiger charge is -2.40. The summed E-state index contributed by atoms with van der Waals surface area (Å²) in [5.74, 6) is 1.26. The highest BCUT2D eigenvalue weighted by atomic mass is 127. The molecule has 0 saturated carbocycles. The molecule has 1 aromatic carbocycles. The summed E-state index contributed by atoms with van der Waals surface area (Å²) in [4.78, 5) is 23.9. The molecule has 2 saturated heterocycles. The van der Waals surface area contributed by atoms with Crippen molar-refractivity contribution in [2.75, 3.05) is 52.9 Å². The Labute approximate surface area is 205 Å². The number of halogens is 1. The van der Waals surface area contributed by atoms with Crippen molar-refractivity contribution < 1.29 is 4.79 Å². The highest BCUT2D eigenvalue weighted by Gasteiger charge is 2.30. The van der Waals surface area contributed by atoms with Crippen molar-refractivity contribution in [1.29, 1.82) is 0 Å². The maximum Gasteiger partial charge on any atom is 0.239 e. The monoisotopic (exact) mass is 541 g/mol. The number of nitrogens with one attached hydrogen (secondary N) is 1. The summed E-state index contributed by atoms with van der Waals surface area (Å²) in [5.41, 5.74) is 1.50. The summed E-state index contributed by atoms with van der Waals surface area (Å²) < 4.78 is 0. The fourth-order valence-corrected chi connectivity index (χ4v) is 4.54. The second kappa shape index (κ2) is 12.0. The Morgan fingerprint density at radius 3 is 2.23 bits per heavy atom. The summed E-state index contributed by atoms with van der Waals surface area (Å²) in [6, 6.07) is 10.6. The first-order chi connectivity index (χ1) is 14.4. The number of amides is 1. The molecule has 2 aliphatic heterocycles. The molecule has 6 nitrogen and oxygen atoms in total. The number of likely N-dealkylation sites (tertiary alicyclic amines) is 1. The van der Waals surface area contributed by atoms with Crippen LogP contribution in [0.2, 0.25) is 0 Å². The van der Waals surface area contributed by atoms with E-state index in [1.54, 1.807) is 0 Å². The van der Waals surface area contributed by atoms with E-state index in [-0.39, 0.29) is 35.4 Å². The molecule has 0 bridgehead atoms. The predicted molar refractivity (Wildman–Crippen MR) is 139 cm³/mol. The molecular weight excluding hydrogens is 501 g/mol. The molecule has 174 valence electrons. The molecule has 1 amide bonds. The first-order valence-corrected chi connectivity index (χ1v) is 11.4. The van der Waals surface area contributed by atoms with Crippen molar-refractivity contribution in [3.63, 3.8) is 0 Å². The van der Waals surface area contributed by atoms with E-state index in [2.05, 4.69) is 71.2 Å². The smallest absolute Gasteiger partial charge is 0.239 e. The largest absolute Gasteiger partial charge is 0.356 e. The van der Waals surface area contributed by atoms with E-state index in [1.807, 2.05) is 11.9 Å². The molecule has 3 rings (SSSR count). The van der Waals surface area contributed by atoms with Crippen LogP contribution in [0.3, 0.4) is 0 Å². The minimum atomic E-state index is -0.0231. The Morgan fingerprint density at radius 2 is 1.65 bits per heavy atom. The van der Waals surface area contributed by atoms with Crippen LogP contribution < -0.4 is 5.32 Å². The first-order valence-electron chi connectivity index (χ1n) is 11.4. The number of guanidine groups is 1. The molecule has 1 aromatic rings. The van der Waals surface area contributed by atoms with Gasteiger partial charge in [-0.1, -0.05) is 44.2 Å². The van der Waals surface area contributed by atoms with Crippen LogP contribution in [0.4, 0.5) is 0 Å². The van der Waals surface area contributed by atoms with E-state index in [0.29, 0.717) is 5.91 Å². The van der Waals surface area contributed by atoms with Gasteiger partial charge in [0.05, 0.1) is 6.04 Å². The Kier molecular flexibility index (Phi) is 10.1. The second-order valence-electron chi connectivity index (χ2n) is 9.46. The quantitative estimate of drug-likeness (QED) is 0.342. The van der Waals surface area contributed by atoms with Crippen molar-refractivity contribution >= 4 is 35.8 Å². The van der Waals surface area contributed by atoms with E-state index >= 15 is 0 Å². The third-order valence-corrected chi connectivity index (χ3v) is 6.40. The van der Waals surface area contributed by atoms with Crippen molar-refractivity contribution in [2.45, 2.75) is 46.1 Å². The molecule has 0 spiro atoms. The second-order valence-corrected chi connectivity index (χ2v) is 9.46. The van der Waals surface area contributed by atoms with Gasteiger partial charge in [-0.05, 0) is 37.2 Å². The van der Waals surface area contributed by atoms with Gasteiger partial charge in [0.2, 0.25) is 5.91 Å². The summed E-state index contributed by atoms with van der Waals surface area (Å²) in [7, 11) is 1.86. The van der Waals surface area contributed by atoms with Crippen molar-refractivity contribution in [2.24, 2.45) is 10.4 Å². The number of benzene rings is 1. The number of rotatable bonds is 6. The maximum atomic E-state index is 12.7. The zero-order chi connectivity index (χ0) is 21.6. The van der Waals surface area contributed by atoms with Crippen LogP contribution in [0.1, 0.15) is 39.2 Å². The maximum absolute atomic E-state index is 12.7. The minimum absolute atomic E-state index is 0. The van der Waals surface area contributed by atoms with Crippen LogP contribution in [0, 0.1) is 5.41 Å². The van der Waals surface area contributed by atoms with Crippen LogP contribution in [-0.4, -0.2) is 85.5 Å². The Balaban J connectivity index is 0.00000341. The van der Waals surface area contributed by atoms with Crippen LogP contribution in [0.25, 0.3) is 0 Å². The summed E-state index contributed by atoms with van der Waals surface area (Å²) in [6.45, 7) is 13.0. The van der Waals surface area contributed by atoms with Crippen molar-refractivity contribution in [1.82, 2.24) is 20.0 Å². The van der Waals surface area contributed by atoms with Gasteiger partial charge in [0.25, 0.3) is 0 Å². The van der Waals surface area contributed by atoms with Gasteiger partial charge in [0.15, 0.2) is 5.96 Å². The zero-order valence-electron chi connectivity index (χ0n) is 19.6. The third-order valence-electron chi connectivity index (χ3n) is 6.40. The summed E-state index contributed by atoms with van der Waals surface area (Å²) >= 11 is 0. The molecule has 0 aromatic heterocycles. The van der Waals surface area contributed by atoms with Gasteiger partial charge >= 0.3 is 0 Å². The fourth-order valence-electron chi connectivity index (χ4n) is 4.54. The molecule has 31 heavy (non-hydrogen) atoms. The van der Waals surface area contributed by atoms with Gasteiger partial charge in [-0.2, -0.15) is 0 Å². The van der Waals surface area contributed by atoms with Gasteiger partial charge in [0, 0.05) is 52.9 Å². The van der Waals surface area contributed by atoms with Crippen LogP contribution in [0.5, 0.6) is 0 Å². The predicted octanol–water partition coefficient (Wildman–Crippen LogP) is 3.08. The number of aliphatic imine (C=N–C) groups is 1. The average Bonchev–Trinajstić information content (AvgIpc) is 3.29. The molecule has 2 heterocycles. The van der Waals surface area contributed by atoms with Gasteiger partial charge in [0.1, 0.15) is 0 Å². The number of carbonyl (C=O) groups is 1. The van der Waals surface area contributed by atoms with Crippen LogP contribution in [-0.2, 0) is 11.2 Å². The molecule has 7 heteroatoms. The minimum Gasteiger partial charge on any atom is -0.356 e. The highest BCUT2D eigenvalue weighted by molar-refractivity contribution is 14.0. The van der Waals surface area contributed by atoms with E-state index < -0.39 is 0 Å². The molecule has 1 unspecified atom stereocenters. The standard InChI is InChI=1S/C24H39N5O.HI/c1-20(22(30)28-12-8-9-13-28)27-14-16-29(17-15-27)23(25-4)26-19-24(2,3)18-21-10-6-5-7-11-21;/h5-7,10-11,20H,8-9,12-19H2,1-4H3,(H,25,26);1H. The normalized spacial score (nSPS) is 19.2. The molecule has 1 atom stereocenters. The molecular formula is C24H40IN5O. The molecule has 2 fully saturated rings. The van der Waals surface area contributed by atoms with Crippen LogP contribution >= 0.6 is 24.0 Å². The van der Waals surface area contributed by atoms with Crippen LogP contribution in [0.15, 0.2) is 35.3 Å². The zero-order valence-corrected chi connectivity index (χ0v) is 22.0. The Bertz CT molecular complexity index is 710. The molecule has 0 radical (unpaired) electrons. The van der Waals surface area contributed by atoms with Gasteiger partial charge in [-0.3, -0.25) is 14.7 Å². The average molecular weight is 542 g/mol. The summed E-state index contributed by atoms with van der Waals surface area (Å²) in [6.07, 6.45) is 3.32. The van der Waals surface area contributed by atoms with E-state index in [1.165, 1.54) is 5.56 Å². The number of nitrogens with zero attached hydrogens (tertiary/aromatic N) is 4. The highest BCUT2D eigenvalue weighted by Crippen LogP contribution is 2.21. The lowest BCUT2D eigenvalue weighted by atomic mass is 9.86. The first kappa shape index (κ1) is 25.9. The lowest BCUT2D eigenvalue weighted by molar-refractivity contribution is -0.135. The number of piperazine rings is 1. The Morgan fingerprint density at radius 1 is 1.03 bits per heavy atom. The van der Waals surface area contributed by atoms with Gasteiger partial charge < -0.3 is 15.1 Å². The van der Waals surface area contributed by atoms with Crippen molar-refractivity contribution in [3.05, 3.63) is 35.9 Å². The molecule has 2 aliphatic rings. The fraction of sp³-hybridized carbons (Fsp3) is 0.667.